The van der Waals surface area contributed by atoms with Gasteiger partial charge in [0.2, 0.25) is 5.91 Å². The van der Waals surface area contributed by atoms with Gasteiger partial charge in [0, 0.05) is 24.7 Å². The van der Waals surface area contributed by atoms with Crippen molar-refractivity contribution in [1.82, 2.24) is 24.9 Å². The summed E-state index contributed by atoms with van der Waals surface area (Å²) in [5.74, 6) is -0.613. The van der Waals surface area contributed by atoms with E-state index in [0.717, 1.165) is 18.9 Å². The molecule has 1 aliphatic rings. The Bertz CT molecular complexity index is 977. The Morgan fingerprint density at radius 1 is 1.32 bits per heavy atom. The summed E-state index contributed by atoms with van der Waals surface area (Å²) < 4.78 is 41.7. The third-order valence-corrected chi connectivity index (χ3v) is 5.36. The zero-order chi connectivity index (χ0) is 22.9. The van der Waals surface area contributed by atoms with Crippen molar-refractivity contribution in [3.8, 4) is 0 Å². The molecule has 1 fully saturated rings. The molecule has 2 heterocycles. The van der Waals surface area contributed by atoms with Crippen LogP contribution in [-0.4, -0.2) is 36.9 Å². The maximum absolute atomic E-state index is 12.9. The first-order valence-electron chi connectivity index (χ1n) is 10.1. The zero-order valence-electron chi connectivity index (χ0n) is 17.6. The van der Waals surface area contributed by atoms with Gasteiger partial charge in [0.15, 0.2) is 5.69 Å². The highest BCUT2D eigenvalue weighted by atomic mass is 19.4. The van der Waals surface area contributed by atoms with Crippen molar-refractivity contribution in [2.75, 3.05) is 6.54 Å². The molecular weight excluding hydrogens is 417 g/mol. The van der Waals surface area contributed by atoms with Gasteiger partial charge < -0.3 is 5.32 Å². The van der Waals surface area contributed by atoms with Crippen LogP contribution < -0.4 is 5.32 Å². The lowest BCUT2D eigenvalue weighted by molar-refractivity contribution is -0.386. The summed E-state index contributed by atoms with van der Waals surface area (Å²) in [6.07, 6.45) is -2.32. The number of carbonyl (C=O) groups is 1. The van der Waals surface area contributed by atoms with Gasteiger partial charge in [0.25, 0.3) is 0 Å². The SMILES string of the molecule is Cc1nn(CC(C)C(=O)NCCCn2nc(C(F)(F)F)cc2C2CC2)c(C)c1[N+](=O)[O-]. The Hall–Kier alpha value is -2.92. The van der Waals surface area contributed by atoms with Crippen molar-refractivity contribution in [3.05, 3.63) is 39.0 Å². The molecule has 2 aromatic rings. The van der Waals surface area contributed by atoms with Gasteiger partial charge in [-0.05, 0) is 39.2 Å². The summed E-state index contributed by atoms with van der Waals surface area (Å²) in [5.41, 5.74) is 0.327. The van der Waals surface area contributed by atoms with E-state index >= 15 is 0 Å². The number of rotatable bonds is 9. The van der Waals surface area contributed by atoms with Gasteiger partial charge in [-0.2, -0.15) is 23.4 Å². The average Bonchev–Trinajstić information content (AvgIpc) is 3.35. The van der Waals surface area contributed by atoms with Gasteiger partial charge in [-0.15, -0.1) is 0 Å². The molecule has 170 valence electrons. The second-order valence-electron chi connectivity index (χ2n) is 7.95. The predicted octanol–water partition coefficient (Wildman–Crippen LogP) is 3.34. The van der Waals surface area contributed by atoms with E-state index in [1.807, 2.05) is 0 Å². The number of halogens is 3. The summed E-state index contributed by atoms with van der Waals surface area (Å²) in [7, 11) is 0. The number of nitro groups is 1. The average molecular weight is 442 g/mol. The maximum Gasteiger partial charge on any atom is 0.435 e. The lowest BCUT2D eigenvalue weighted by atomic mass is 10.1. The van der Waals surface area contributed by atoms with Crippen molar-refractivity contribution in [2.45, 2.75) is 65.2 Å². The number of alkyl halides is 3. The first-order valence-corrected chi connectivity index (χ1v) is 10.1. The minimum atomic E-state index is -4.48. The smallest absolute Gasteiger partial charge is 0.356 e. The molecule has 0 spiro atoms. The van der Waals surface area contributed by atoms with Crippen LogP contribution in [0, 0.1) is 29.9 Å². The van der Waals surface area contributed by atoms with E-state index in [9.17, 15) is 28.1 Å². The molecular formula is C19H25F3N6O3. The number of carbonyl (C=O) groups excluding carboxylic acids is 1. The van der Waals surface area contributed by atoms with Gasteiger partial charge in [0.05, 0.1) is 17.4 Å². The summed E-state index contributed by atoms with van der Waals surface area (Å²) in [5, 5.41) is 21.7. The first kappa shape index (κ1) is 22.8. The van der Waals surface area contributed by atoms with E-state index in [1.54, 1.807) is 20.8 Å². The van der Waals surface area contributed by atoms with E-state index in [-0.39, 0.29) is 37.1 Å². The second-order valence-corrected chi connectivity index (χ2v) is 7.95. The van der Waals surface area contributed by atoms with Crippen LogP contribution in [0.3, 0.4) is 0 Å². The number of aromatic nitrogens is 4. The monoisotopic (exact) mass is 442 g/mol. The van der Waals surface area contributed by atoms with Crippen LogP contribution in [0.4, 0.5) is 18.9 Å². The van der Waals surface area contributed by atoms with Gasteiger partial charge >= 0.3 is 11.9 Å². The molecule has 1 unspecified atom stereocenters. The van der Waals surface area contributed by atoms with Crippen LogP contribution in [-0.2, 0) is 24.1 Å². The maximum atomic E-state index is 12.9. The Morgan fingerprint density at radius 2 is 2.00 bits per heavy atom. The fraction of sp³-hybridized carbons (Fsp3) is 0.632. The summed E-state index contributed by atoms with van der Waals surface area (Å²) >= 11 is 0. The van der Waals surface area contributed by atoms with Crippen LogP contribution >= 0.6 is 0 Å². The van der Waals surface area contributed by atoms with E-state index in [1.165, 1.54) is 9.36 Å². The van der Waals surface area contributed by atoms with Crippen molar-refractivity contribution >= 4 is 11.6 Å². The molecule has 0 aliphatic heterocycles. The molecule has 0 radical (unpaired) electrons. The molecule has 1 aliphatic carbocycles. The third kappa shape index (κ3) is 5.23. The standard InChI is InChI=1S/C19H25F3N6O3/c1-11(10-27-13(3)17(28(30)31)12(2)24-27)18(29)23-7-4-8-26-15(14-5-6-14)9-16(25-26)19(20,21)22/h9,11,14H,4-8,10H2,1-3H3,(H,23,29). The van der Waals surface area contributed by atoms with E-state index < -0.39 is 22.7 Å². The second kappa shape index (κ2) is 8.67. The van der Waals surface area contributed by atoms with Gasteiger partial charge in [-0.25, -0.2) is 0 Å². The van der Waals surface area contributed by atoms with Gasteiger partial charge in [-0.1, -0.05) is 6.92 Å². The van der Waals surface area contributed by atoms with Crippen molar-refractivity contribution in [2.24, 2.45) is 5.92 Å². The highest BCUT2D eigenvalue weighted by Gasteiger charge is 2.37. The Labute approximate surface area is 176 Å². The van der Waals surface area contributed by atoms with Crippen molar-refractivity contribution < 1.29 is 22.9 Å². The van der Waals surface area contributed by atoms with Crippen LogP contribution in [0.1, 0.15) is 54.9 Å². The third-order valence-electron chi connectivity index (χ3n) is 5.36. The molecule has 1 amide bonds. The number of nitrogens with one attached hydrogen (secondary N) is 1. The molecule has 1 saturated carbocycles. The first-order chi connectivity index (χ1) is 14.5. The summed E-state index contributed by atoms with van der Waals surface area (Å²) in [6, 6.07) is 1.12. The van der Waals surface area contributed by atoms with E-state index in [0.29, 0.717) is 23.5 Å². The molecule has 1 N–H and O–H groups in total. The normalized spacial score (nSPS) is 15.2. The van der Waals surface area contributed by atoms with E-state index in [2.05, 4.69) is 15.5 Å². The van der Waals surface area contributed by atoms with Gasteiger partial charge in [-0.3, -0.25) is 24.3 Å². The number of amides is 1. The molecule has 1 atom stereocenters. The Morgan fingerprint density at radius 3 is 2.55 bits per heavy atom. The van der Waals surface area contributed by atoms with Crippen molar-refractivity contribution in [1.29, 1.82) is 0 Å². The predicted molar refractivity (Wildman–Crippen MR) is 104 cm³/mol. The number of aryl methyl sites for hydroxylation is 2. The van der Waals surface area contributed by atoms with Gasteiger partial charge in [0.1, 0.15) is 11.4 Å². The van der Waals surface area contributed by atoms with Crippen LogP contribution in [0.15, 0.2) is 6.07 Å². The van der Waals surface area contributed by atoms with E-state index in [4.69, 9.17) is 0 Å². The minimum Gasteiger partial charge on any atom is -0.356 e. The fourth-order valence-corrected chi connectivity index (χ4v) is 3.54. The quantitative estimate of drug-likeness (QED) is 0.364. The molecule has 31 heavy (non-hydrogen) atoms. The molecule has 12 heteroatoms. The Balaban J connectivity index is 1.51. The lowest BCUT2D eigenvalue weighted by Gasteiger charge is -2.13. The highest BCUT2D eigenvalue weighted by Crippen LogP contribution is 2.42. The number of hydrogen-bond acceptors (Lipinski definition) is 5. The molecule has 3 rings (SSSR count). The molecule has 2 aromatic heterocycles. The highest BCUT2D eigenvalue weighted by molar-refractivity contribution is 5.78. The molecule has 0 saturated heterocycles. The minimum absolute atomic E-state index is 0.0588. The molecule has 0 bridgehead atoms. The summed E-state index contributed by atoms with van der Waals surface area (Å²) in [6.45, 7) is 5.56. The molecule has 0 aromatic carbocycles. The lowest BCUT2D eigenvalue weighted by Crippen LogP contribution is -2.33. The fourth-order valence-electron chi connectivity index (χ4n) is 3.54. The zero-order valence-corrected chi connectivity index (χ0v) is 17.6. The number of nitrogens with zero attached hydrogens (tertiary/aromatic N) is 5. The van der Waals surface area contributed by atoms with Crippen LogP contribution in [0.2, 0.25) is 0 Å². The van der Waals surface area contributed by atoms with Crippen LogP contribution in [0.25, 0.3) is 0 Å². The van der Waals surface area contributed by atoms with Crippen molar-refractivity contribution in [3.63, 3.8) is 0 Å². The van der Waals surface area contributed by atoms with Crippen LogP contribution in [0.5, 0.6) is 0 Å². The largest absolute Gasteiger partial charge is 0.435 e. The summed E-state index contributed by atoms with van der Waals surface area (Å²) in [4.78, 5) is 23.0. The molecule has 9 nitrogen and oxygen atoms in total. The Kier molecular flexibility index (Phi) is 6.37. The number of hydrogen-bond donors (Lipinski definition) is 1. The topological polar surface area (TPSA) is 108 Å².